The van der Waals surface area contributed by atoms with Crippen LogP contribution in [-0.4, -0.2) is 14.8 Å². The maximum absolute atomic E-state index is 8.58. The van der Waals surface area contributed by atoms with Crippen LogP contribution in [0.4, 0.5) is 0 Å². The summed E-state index contributed by atoms with van der Waals surface area (Å²) in [6, 6.07) is 3.43. The molecule has 1 aromatic heterocycles. The molecule has 0 radical (unpaired) electrons. The molecule has 0 unspecified atom stereocenters. The molecule has 1 rings (SSSR count). The second kappa shape index (κ2) is 3.17. The Labute approximate surface area is 68.2 Å². The van der Waals surface area contributed by atoms with Gasteiger partial charge in [0.1, 0.15) is 30.5 Å². The van der Waals surface area contributed by atoms with Gasteiger partial charge >= 0.3 is 0 Å². The summed E-state index contributed by atoms with van der Waals surface area (Å²) >= 11 is 0. The van der Waals surface area contributed by atoms with E-state index in [0.29, 0.717) is 0 Å². The van der Waals surface area contributed by atoms with Crippen molar-refractivity contribution < 1.29 is 0 Å². The number of hydrogen-bond donors (Lipinski definition) is 1. The van der Waals surface area contributed by atoms with Crippen molar-refractivity contribution in [1.82, 2.24) is 14.8 Å². The lowest BCUT2D eigenvalue weighted by Crippen LogP contribution is -2.03. The topological polar surface area (TPSA) is 104 Å². The fraction of sp³-hybridized carbons (Fsp3) is 0. The zero-order chi connectivity index (χ0) is 8.97. The molecule has 1 heterocycles. The van der Waals surface area contributed by atoms with Crippen molar-refractivity contribution in [3.05, 3.63) is 18.4 Å². The van der Waals surface area contributed by atoms with Gasteiger partial charge in [-0.2, -0.15) is 10.5 Å². The minimum Gasteiger partial charge on any atom is -0.388 e. The van der Waals surface area contributed by atoms with E-state index in [9.17, 15) is 0 Å². The number of hydrogen-bond acceptors (Lipinski definition) is 5. The van der Waals surface area contributed by atoms with Crippen molar-refractivity contribution in [2.45, 2.75) is 0 Å². The van der Waals surface area contributed by atoms with E-state index < -0.39 is 0 Å². The predicted molar refractivity (Wildman–Crippen MR) is 38.7 cm³/mol. The van der Waals surface area contributed by atoms with Crippen LogP contribution in [0.2, 0.25) is 0 Å². The molecule has 12 heavy (non-hydrogen) atoms. The van der Waals surface area contributed by atoms with E-state index in [-0.39, 0.29) is 11.4 Å². The van der Waals surface area contributed by atoms with Gasteiger partial charge in [-0.3, -0.25) is 4.57 Å². The first-order valence-electron chi connectivity index (χ1n) is 2.94. The largest absolute Gasteiger partial charge is 0.388 e. The third kappa shape index (κ3) is 1.22. The highest BCUT2D eigenvalue weighted by Crippen LogP contribution is 2.02. The molecule has 0 aromatic carbocycles. The number of nitrogens with two attached hydrogens (primary N) is 1. The van der Waals surface area contributed by atoms with Gasteiger partial charge in [-0.25, -0.2) is 0 Å². The second-order valence-electron chi connectivity index (χ2n) is 1.86. The zero-order valence-electron chi connectivity index (χ0n) is 5.97. The third-order valence-electron chi connectivity index (χ3n) is 1.16. The molecule has 0 aliphatic carbocycles. The summed E-state index contributed by atoms with van der Waals surface area (Å²) < 4.78 is 1.28. The minimum atomic E-state index is -0.155. The zero-order valence-corrected chi connectivity index (χ0v) is 5.97. The van der Waals surface area contributed by atoms with E-state index in [1.165, 1.54) is 17.2 Å². The van der Waals surface area contributed by atoms with E-state index in [1.807, 2.05) is 0 Å². The van der Waals surface area contributed by atoms with Gasteiger partial charge in [0.15, 0.2) is 5.70 Å². The third-order valence-corrected chi connectivity index (χ3v) is 1.16. The number of nitriles is 2. The van der Waals surface area contributed by atoms with E-state index in [4.69, 9.17) is 16.3 Å². The maximum atomic E-state index is 8.58. The van der Waals surface area contributed by atoms with E-state index >= 15 is 0 Å². The van der Waals surface area contributed by atoms with Gasteiger partial charge in [-0.05, 0) is 0 Å². The molecular weight excluding hydrogens is 156 g/mol. The predicted octanol–water partition coefficient (Wildman–Crippen LogP) is -0.547. The average molecular weight is 160 g/mol. The van der Waals surface area contributed by atoms with Crippen LogP contribution in [0, 0.1) is 22.7 Å². The molecule has 0 saturated carbocycles. The Morgan fingerprint density at radius 2 is 1.83 bits per heavy atom. The Bertz CT molecular complexity index is 373. The standard InChI is InChI=1S/C6H4N6/c7-1-5(9)6(2-8)12-3-10-11-4-12/h3-4H,9H2/b6-5-. The molecule has 58 valence electrons. The van der Waals surface area contributed by atoms with Gasteiger partial charge in [0, 0.05) is 0 Å². The molecular formula is C6H4N6. The summed E-state index contributed by atoms with van der Waals surface area (Å²) in [7, 11) is 0. The van der Waals surface area contributed by atoms with Crippen LogP contribution in [0.25, 0.3) is 5.70 Å². The smallest absolute Gasteiger partial charge is 0.161 e. The normalized spacial score (nSPS) is 11.2. The van der Waals surface area contributed by atoms with Crippen LogP contribution in [0.1, 0.15) is 0 Å². The molecule has 6 heteroatoms. The first-order chi connectivity index (χ1) is 5.79. The Morgan fingerprint density at radius 1 is 1.25 bits per heavy atom. The molecule has 0 aliphatic heterocycles. The number of allylic oxidation sites excluding steroid dienone is 2. The van der Waals surface area contributed by atoms with Gasteiger partial charge in [-0.15, -0.1) is 10.2 Å². The summed E-state index contributed by atoms with van der Waals surface area (Å²) in [6.07, 6.45) is 2.59. The highest BCUT2D eigenvalue weighted by atomic mass is 15.2. The van der Waals surface area contributed by atoms with E-state index in [1.54, 1.807) is 12.1 Å². The van der Waals surface area contributed by atoms with Crippen LogP contribution in [-0.2, 0) is 0 Å². The van der Waals surface area contributed by atoms with Gasteiger partial charge < -0.3 is 5.73 Å². The molecule has 2 N–H and O–H groups in total. The minimum absolute atomic E-state index is 0.0301. The van der Waals surface area contributed by atoms with Crippen molar-refractivity contribution in [2.24, 2.45) is 5.73 Å². The van der Waals surface area contributed by atoms with Gasteiger partial charge in [0.2, 0.25) is 0 Å². The average Bonchev–Trinajstić information content (AvgIpc) is 2.58. The lowest BCUT2D eigenvalue weighted by atomic mass is 10.4. The first-order valence-corrected chi connectivity index (χ1v) is 2.94. The number of aromatic nitrogens is 3. The van der Waals surface area contributed by atoms with Gasteiger partial charge in [0.25, 0.3) is 0 Å². The van der Waals surface area contributed by atoms with E-state index in [0.717, 1.165) is 0 Å². The van der Waals surface area contributed by atoms with Crippen molar-refractivity contribution in [2.75, 3.05) is 0 Å². The van der Waals surface area contributed by atoms with Crippen LogP contribution in [0.15, 0.2) is 18.4 Å². The molecule has 0 saturated heterocycles. The van der Waals surface area contributed by atoms with Crippen LogP contribution in [0.3, 0.4) is 0 Å². The van der Waals surface area contributed by atoms with Crippen molar-refractivity contribution in [1.29, 1.82) is 10.5 Å². The second-order valence-corrected chi connectivity index (χ2v) is 1.86. The summed E-state index contributed by atoms with van der Waals surface area (Å²) in [5, 5.41) is 23.9. The van der Waals surface area contributed by atoms with Crippen molar-refractivity contribution in [3.8, 4) is 12.1 Å². The lowest BCUT2D eigenvalue weighted by molar-refractivity contribution is 1.08. The summed E-state index contributed by atoms with van der Waals surface area (Å²) in [5.41, 5.74) is 5.11. The Hall–Kier alpha value is -2.34. The SMILES string of the molecule is N#C/C(N)=C(\C#N)n1cnnc1. The molecule has 0 atom stereocenters. The van der Waals surface area contributed by atoms with Crippen LogP contribution >= 0.6 is 0 Å². The quantitative estimate of drug-likeness (QED) is 0.555. The Morgan fingerprint density at radius 3 is 2.25 bits per heavy atom. The lowest BCUT2D eigenvalue weighted by Gasteiger charge is -1.96. The molecule has 6 nitrogen and oxygen atoms in total. The number of rotatable bonds is 1. The molecule has 0 fully saturated rings. The maximum Gasteiger partial charge on any atom is 0.161 e. The molecule has 0 aliphatic rings. The molecule has 0 amide bonds. The fourth-order valence-electron chi connectivity index (χ4n) is 0.626. The van der Waals surface area contributed by atoms with Crippen LogP contribution in [0.5, 0.6) is 0 Å². The number of nitrogens with zero attached hydrogens (tertiary/aromatic N) is 5. The monoisotopic (exact) mass is 160 g/mol. The van der Waals surface area contributed by atoms with Crippen LogP contribution < -0.4 is 5.73 Å². The Kier molecular flexibility index (Phi) is 2.05. The summed E-state index contributed by atoms with van der Waals surface area (Å²) in [6.45, 7) is 0. The van der Waals surface area contributed by atoms with Crippen molar-refractivity contribution in [3.63, 3.8) is 0 Å². The molecule has 0 bridgehead atoms. The Balaban J connectivity index is 3.20. The molecule has 1 aromatic rings. The summed E-state index contributed by atoms with van der Waals surface area (Å²) in [5.74, 6) is 0. The fourth-order valence-corrected chi connectivity index (χ4v) is 0.626. The van der Waals surface area contributed by atoms with E-state index in [2.05, 4.69) is 10.2 Å². The summed E-state index contributed by atoms with van der Waals surface area (Å²) in [4.78, 5) is 0. The van der Waals surface area contributed by atoms with Crippen molar-refractivity contribution >= 4 is 5.70 Å². The highest BCUT2D eigenvalue weighted by Gasteiger charge is 2.03. The van der Waals surface area contributed by atoms with Gasteiger partial charge in [-0.1, -0.05) is 0 Å². The first kappa shape index (κ1) is 7.76. The van der Waals surface area contributed by atoms with Gasteiger partial charge in [0.05, 0.1) is 0 Å². The molecule has 0 spiro atoms. The highest BCUT2D eigenvalue weighted by molar-refractivity contribution is 5.66.